The van der Waals surface area contributed by atoms with Crippen molar-refractivity contribution in [3.8, 4) is 5.75 Å². The molecular weight excluding hydrogens is 258 g/mol. The van der Waals surface area contributed by atoms with Crippen LogP contribution in [-0.4, -0.2) is 23.5 Å². The van der Waals surface area contributed by atoms with E-state index in [0.29, 0.717) is 6.07 Å². The van der Waals surface area contributed by atoms with Gasteiger partial charge in [0.15, 0.2) is 5.82 Å². The number of carbonyl (C=O) groups excluding carboxylic acids is 2. The fraction of sp³-hybridized carbons (Fsp3) is 0.200. The first-order valence-corrected chi connectivity index (χ1v) is 4.85. The molecule has 4 nitrogen and oxygen atoms in total. The topological polar surface area (TPSA) is 63.6 Å². The van der Waals surface area contributed by atoms with Crippen molar-refractivity contribution < 1.29 is 28.2 Å². The van der Waals surface area contributed by atoms with Gasteiger partial charge in [0.2, 0.25) is 0 Å². The third-order valence-corrected chi connectivity index (χ3v) is 2.19. The molecule has 0 heterocycles. The Morgan fingerprint density at radius 1 is 1.47 bits per heavy atom. The van der Waals surface area contributed by atoms with E-state index in [1.165, 1.54) is 6.92 Å². The second-order valence-corrected chi connectivity index (χ2v) is 3.31. The summed E-state index contributed by atoms with van der Waals surface area (Å²) in [6.07, 6.45) is 0. The number of hydrogen-bond acceptors (Lipinski definition) is 4. The monoisotopic (exact) mass is 264 g/mol. The molecule has 1 aromatic rings. The van der Waals surface area contributed by atoms with Gasteiger partial charge in [0.05, 0.1) is 6.61 Å². The van der Waals surface area contributed by atoms with Crippen LogP contribution in [0.1, 0.15) is 17.3 Å². The molecule has 0 radical (unpaired) electrons. The first kappa shape index (κ1) is 13.4. The Morgan fingerprint density at radius 3 is 2.59 bits per heavy atom. The van der Waals surface area contributed by atoms with Crippen LogP contribution in [0.2, 0.25) is 5.02 Å². The molecule has 1 N–H and O–H groups in total. The molecule has 0 spiro atoms. The second kappa shape index (κ2) is 5.09. The van der Waals surface area contributed by atoms with Gasteiger partial charge in [-0.25, -0.2) is 13.6 Å². The fourth-order valence-electron chi connectivity index (χ4n) is 1.09. The van der Waals surface area contributed by atoms with E-state index in [4.69, 9.17) is 16.7 Å². The minimum Gasteiger partial charge on any atom is -0.506 e. The Kier molecular flexibility index (Phi) is 4.01. The molecule has 1 aromatic carbocycles. The number of phenolic OH excluding ortho intramolecular Hbond substituents is 1. The van der Waals surface area contributed by atoms with Crippen molar-refractivity contribution in [1.82, 2.24) is 0 Å². The van der Waals surface area contributed by atoms with Gasteiger partial charge in [-0.2, -0.15) is 0 Å². The first-order valence-electron chi connectivity index (χ1n) is 4.48. The molecular formula is C10H7ClF2O4. The lowest BCUT2D eigenvalue weighted by Crippen LogP contribution is -2.20. The number of ether oxygens (including phenoxy) is 1. The number of aromatic hydroxyl groups is 1. The molecule has 1 rings (SSSR count). The summed E-state index contributed by atoms with van der Waals surface area (Å²) in [5.41, 5.74) is -1.15. The first-order chi connectivity index (χ1) is 7.90. The molecule has 7 heteroatoms. The van der Waals surface area contributed by atoms with E-state index in [1.807, 2.05) is 0 Å². The summed E-state index contributed by atoms with van der Waals surface area (Å²) in [6, 6.07) is 0.442. The molecule has 92 valence electrons. The van der Waals surface area contributed by atoms with Crippen LogP contribution >= 0.6 is 11.6 Å². The average molecular weight is 265 g/mol. The van der Waals surface area contributed by atoms with Crippen LogP contribution in [0, 0.1) is 11.6 Å². The summed E-state index contributed by atoms with van der Waals surface area (Å²) in [5.74, 6) is -6.64. The summed E-state index contributed by atoms with van der Waals surface area (Å²) in [6.45, 7) is 1.32. The molecule has 0 aliphatic heterocycles. The summed E-state index contributed by atoms with van der Waals surface area (Å²) in [5, 5.41) is 8.16. The van der Waals surface area contributed by atoms with Gasteiger partial charge in [-0.05, 0) is 6.92 Å². The van der Waals surface area contributed by atoms with E-state index in [9.17, 15) is 18.4 Å². The summed E-state index contributed by atoms with van der Waals surface area (Å²) in [7, 11) is 0. The molecule has 0 aliphatic rings. The molecule has 0 unspecified atom stereocenters. The van der Waals surface area contributed by atoms with Crippen LogP contribution in [0.5, 0.6) is 5.75 Å². The number of Topliss-reactive ketones (excluding diaryl/α,β-unsaturated/α-hetero) is 1. The Hall–Kier alpha value is -1.69. The molecule has 0 aliphatic carbocycles. The zero-order valence-electron chi connectivity index (χ0n) is 8.59. The van der Waals surface area contributed by atoms with Crippen molar-refractivity contribution >= 4 is 23.4 Å². The van der Waals surface area contributed by atoms with Gasteiger partial charge in [0.1, 0.15) is 22.2 Å². The van der Waals surface area contributed by atoms with Crippen LogP contribution in [0.15, 0.2) is 6.07 Å². The molecule has 0 amide bonds. The van der Waals surface area contributed by atoms with Crippen LogP contribution in [0.25, 0.3) is 0 Å². The number of benzene rings is 1. The van der Waals surface area contributed by atoms with E-state index in [2.05, 4.69) is 4.74 Å². The van der Waals surface area contributed by atoms with Gasteiger partial charge in [-0.3, -0.25) is 4.79 Å². The Morgan fingerprint density at radius 2 is 2.06 bits per heavy atom. The lowest BCUT2D eigenvalue weighted by atomic mass is 10.1. The lowest BCUT2D eigenvalue weighted by Gasteiger charge is -2.06. The summed E-state index contributed by atoms with van der Waals surface area (Å²) >= 11 is 5.28. The third-order valence-electron chi connectivity index (χ3n) is 1.83. The Bertz CT molecular complexity index is 488. The highest BCUT2D eigenvalue weighted by molar-refractivity contribution is 6.41. The number of halogens is 3. The van der Waals surface area contributed by atoms with Gasteiger partial charge < -0.3 is 9.84 Å². The van der Waals surface area contributed by atoms with Gasteiger partial charge in [-0.1, -0.05) is 11.6 Å². The van der Waals surface area contributed by atoms with Crippen molar-refractivity contribution in [2.75, 3.05) is 6.61 Å². The molecule has 0 atom stereocenters. The van der Waals surface area contributed by atoms with Crippen molar-refractivity contribution in [1.29, 1.82) is 0 Å². The second-order valence-electron chi connectivity index (χ2n) is 2.93. The van der Waals surface area contributed by atoms with Crippen LogP contribution in [0.4, 0.5) is 8.78 Å². The van der Waals surface area contributed by atoms with E-state index in [1.54, 1.807) is 0 Å². The molecule has 17 heavy (non-hydrogen) atoms. The van der Waals surface area contributed by atoms with Gasteiger partial charge >= 0.3 is 5.97 Å². The maximum Gasteiger partial charge on any atom is 0.379 e. The van der Waals surface area contributed by atoms with Crippen LogP contribution in [-0.2, 0) is 9.53 Å². The lowest BCUT2D eigenvalue weighted by molar-refractivity contribution is -0.137. The van der Waals surface area contributed by atoms with Crippen molar-refractivity contribution in [3.63, 3.8) is 0 Å². The summed E-state index contributed by atoms with van der Waals surface area (Å²) in [4.78, 5) is 22.4. The molecule has 0 saturated carbocycles. The van der Waals surface area contributed by atoms with Crippen molar-refractivity contribution in [3.05, 3.63) is 28.3 Å². The third kappa shape index (κ3) is 2.52. The Labute approximate surface area is 99.8 Å². The minimum atomic E-state index is -1.50. The number of carbonyl (C=O) groups is 2. The largest absolute Gasteiger partial charge is 0.506 e. The highest BCUT2D eigenvalue weighted by Gasteiger charge is 2.28. The maximum absolute atomic E-state index is 13.4. The SMILES string of the molecule is CCOC(=O)C(=O)c1c(F)cc(O)c(Cl)c1F. The molecule has 0 bridgehead atoms. The number of hydrogen-bond donors (Lipinski definition) is 1. The number of esters is 1. The standard InChI is InChI=1S/C10H7ClF2O4/c1-2-17-10(16)9(15)6-4(12)3-5(14)7(11)8(6)13/h3,14H,2H2,1H3. The van der Waals surface area contributed by atoms with Gasteiger partial charge in [0, 0.05) is 6.07 Å². The van der Waals surface area contributed by atoms with Crippen molar-refractivity contribution in [2.45, 2.75) is 6.92 Å². The van der Waals surface area contributed by atoms with Crippen LogP contribution < -0.4 is 0 Å². The van der Waals surface area contributed by atoms with E-state index in [-0.39, 0.29) is 6.61 Å². The van der Waals surface area contributed by atoms with E-state index in [0.717, 1.165) is 0 Å². The van der Waals surface area contributed by atoms with E-state index >= 15 is 0 Å². The number of ketones is 1. The summed E-state index contributed by atoms with van der Waals surface area (Å²) < 4.78 is 31.0. The normalized spacial score (nSPS) is 10.1. The smallest absolute Gasteiger partial charge is 0.379 e. The predicted octanol–water partition coefficient (Wildman–Crippen LogP) is 2.07. The predicted molar refractivity (Wildman–Crippen MR) is 54.0 cm³/mol. The average Bonchev–Trinajstić information content (AvgIpc) is 2.26. The number of phenols is 1. The molecule has 0 saturated heterocycles. The number of rotatable bonds is 3. The van der Waals surface area contributed by atoms with Crippen LogP contribution in [0.3, 0.4) is 0 Å². The van der Waals surface area contributed by atoms with Gasteiger partial charge in [0.25, 0.3) is 5.78 Å². The maximum atomic E-state index is 13.4. The minimum absolute atomic E-state index is 0.111. The van der Waals surface area contributed by atoms with Gasteiger partial charge in [-0.15, -0.1) is 0 Å². The highest BCUT2D eigenvalue weighted by Crippen LogP contribution is 2.30. The zero-order valence-corrected chi connectivity index (χ0v) is 9.35. The fourth-order valence-corrected chi connectivity index (χ4v) is 1.24. The molecule has 0 aromatic heterocycles. The zero-order chi connectivity index (χ0) is 13.2. The molecule has 0 fully saturated rings. The van der Waals surface area contributed by atoms with E-state index < -0.39 is 39.7 Å². The highest BCUT2D eigenvalue weighted by atomic mass is 35.5. The quantitative estimate of drug-likeness (QED) is 0.393. The Balaban J connectivity index is 3.28. The van der Waals surface area contributed by atoms with Crippen molar-refractivity contribution in [2.24, 2.45) is 0 Å².